The maximum Gasteiger partial charge on any atom is 0.272 e. The van der Waals surface area contributed by atoms with Gasteiger partial charge in [-0.25, -0.2) is 0 Å². The van der Waals surface area contributed by atoms with Crippen LogP contribution in [0.4, 0.5) is 0 Å². The molecule has 2 N–H and O–H groups in total. The highest BCUT2D eigenvalue weighted by Crippen LogP contribution is 2.26. The van der Waals surface area contributed by atoms with Gasteiger partial charge in [-0.3, -0.25) is 19.1 Å². The number of hydrogen-bond acceptors (Lipinski definition) is 5. The number of nitrogens with one attached hydrogen (secondary N) is 2. The van der Waals surface area contributed by atoms with Crippen LogP contribution in [0, 0.1) is 6.92 Å². The predicted molar refractivity (Wildman–Crippen MR) is 130 cm³/mol. The van der Waals surface area contributed by atoms with Gasteiger partial charge >= 0.3 is 0 Å². The summed E-state index contributed by atoms with van der Waals surface area (Å²) in [7, 11) is 3.17. The summed E-state index contributed by atoms with van der Waals surface area (Å²) in [5, 5.41) is 10.1. The number of benzene rings is 2. The molecule has 0 saturated carbocycles. The molecule has 1 aliphatic heterocycles. The second kappa shape index (κ2) is 9.61. The number of hydrogen-bond donors (Lipinski definition) is 2. The minimum atomic E-state index is -1.16. The van der Waals surface area contributed by atoms with E-state index in [4.69, 9.17) is 4.74 Å². The Balaban J connectivity index is 1.45. The van der Waals surface area contributed by atoms with Crippen LogP contribution in [0.25, 0.3) is 0 Å². The zero-order chi connectivity index (χ0) is 25.2. The quantitative estimate of drug-likeness (QED) is 0.546. The lowest BCUT2D eigenvalue weighted by Crippen LogP contribution is -2.62. The van der Waals surface area contributed by atoms with E-state index in [0.29, 0.717) is 12.3 Å². The average molecular weight is 476 g/mol. The van der Waals surface area contributed by atoms with Gasteiger partial charge < -0.3 is 20.3 Å². The Hall–Kier alpha value is -4.14. The standard InChI is InChI=1S/C26H29N5O4/c1-17-8-10-18(11-9-17)14-28-25(34)26(2)16-31-22(24(33)30(26)3)13-21(29-31)23(32)27-15-19-6-5-7-20(12-19)35-4/h5-13H,14-16H2,1-4H3,(H,27,32)(H,28,34)/t26-/m1/s1. The summed E-state index contributed by atoms with van der Waals surface area (Å²) in [5.74, 6) is -0.374. The number of carbonyl (C=O) groups is 3. The molecular weight excluding hydrogens is 446 g/mol. The van der Waals surface area contributed by atoms with Crippen LogP contribution in [0.3, 0.4) is 0 Å². The molecule has 0 radical (unpaired) electrons. The van der Waals surface area contributed by atoms with Crippen molar-refractivity contribution in [3.8, 4) is 5.75 Å². The van der Waals surface area contributed by atoms with Crippen molar-refractivity contribution in [3.63, 3.8) is 0 Å². The van der Waals surface area contributed by atoms with Crippen molar-refractivity contribution in [2.75, 3.05) is 14.2 Å². The zero-order valence-corrected chi connectivity index (χ0v) is 20.3. The van der Waals surface area contributed by atoms with Gasteiger partial charge in [0.25, 0.3) is 11.8 Å². The summed E-state index contributed by atoms with van der Waals surface area (Å²) in [6.45, 7) is 4.46. The van der Waals surface area contributed by atoms with Crippen molar-refractivity contribution in [1.82, 2.24) is 25.3 Å². The van der Waals surface area contributed by atoms with E-state index in [2.05, 4.69) is 15.7 Å². The molecule has 182 valence electrons. The number of aryl methyl sites for hydroxylation is 1. The second-order valence-corrected chi connectivity index (χ2v) is 8.91. The first-order chi connectivity index (χ1) is 16.7. The number of fused-ring (bicyclic) bond motifs is 1. The number of ether oxygens (including phenoxy) is 1. The Morgan fingerprint density at radius 3 is 2.49 bits per heavy atom. The smallest absolute Gasteiger partial charge is 0.272 e. The predicted octanol–water partition coefficient (Wildman–Crippen LogP) is 2.29. The van der Waals surface area contributed by atoms with Crippen LogP contribution >= 0.6 is 0 Å². The Labute approximate surface area is 204 Å². The highest BCUT2D eigenvalue weighted by Gasteiger charge is 2.46. The van der Waals surface area contributed by atoms with E-state index in [0.717, 1.165) is 16.7 Å². The lowest BCUT2D eigenvalue weighted by atomic mass is 9.95. The van der Waals surface area contributed by atoms with Crippen molar-refractivity contribution in [3.05, 3.63) is 82.7 Å². The molecule has 0 unspecified atom stereocenters. The Morgan fingerprint density at radius 1 is 1.06 bits per heavy atom. The van der Waals surface area contributed by atoms with Crippen LogP contribution in [0.2, 0.25) is 0 Å². The summed E-state index contributed by atoms with van der Waals surface area (Å²) in [4.78, 5) is 40.4. The highest BCUT2D eigenvalue weighted by atomic mass is 16.5. The third-order valence-corrected chi connectivity index (χ3v) is 6.38. The fourth-order valence-electron chi connectivity index (χ4n) is 3.97. The SMILES string of the molecule is COc1cccc(CNC(=O)c2cc3n(n2)C[C@](C)(C(=O)NCc2ccc(C)cc2)N(C)C3=O)c1. The lowest BCUT2D eigenvalue weighted by molar-refractivity contribution is -0.132. The molecular formula is C26H29N5O4. The minimum absolute atomic E-state index is 0.119. The first-order valence-electron chi connectivity index (χ1n) is 11.3. The average Bonchev–Trinajstić information content (AvgIpc) is 3.29. The third-order valence-electron chi connectivity index (χ3n) is 6.38. The molecule has 4 rings (SSSR count). The molecule has 3 aromatic rings. The van der Waals surface area contributed by atoms with Crippen molar-refractivity contribution in [2.24, 2.45) is 0 Å². The number of amides is 3. The lowest BCUT2D eigenvalue weighted by Gasteiger charge is -2.40. The molecule has 35 heavy (non-hydrogen) atoms. The molecule has 0 saturated heterocycles. The normalized spacial score (nSPS) is 17.0. The Morgan fingerprint density at radius 2 is 1.77 bits per heavy atom. The minimum Gasteiger partial charge on any atom is -0.497 e. The zero-order valence-electron chi connectivity index (χ0n) is 20.3. The fourth-order valence-corrected chi connectivity index (χ4v) is 3.97. The van der Waals surface area contributed by atoms with E-state index in [1.54, 1.807) is 21.1 Å². The number of rotatable bonds is 7. The van der Waals surface area contributed by atoms with Gasteiger partial charge in [-0.2, -0.15) is 5.10 Å². The van der Waals surface area contributed by atoms with Crippen molar-refractivity contribution < 1.29 is 19.1 Å². The molecule has 1 aliphatic rings. The van der Waals surface area contributed by atoms with Gasteiger partial charge in [0, 0.05) is 26.2 Å². The molecule has 3 amide bonds. The van der Waals surface area contributed by atoms with E-state index >= 15 is 0 Å². The number of nitrogens with zero attached hydrogens (tertiary/aromatic N) is 3. The van der Waals surface area contributed by atoms with Crippen molar-refractivity contribution in [2.45, 2.75) is 39.0 Å². The van der Waals surface area contributed by atoms with Gasteiger partial charge in [-0.1, -0.05) is 42.0 Å². The Kier molecular flexibility index (Phi) is 6.59. The highest BCUT2D eigenvalue weighted by molar-refractivity contribution is 6.01. The van der Waals surface area contributed by atoms with Crippen LogP contribution in [0.5, 0.6) is 5.75 Å². The van der Waals surface area contributed by atoms with Crippen LogP contribution in [0.1, 0.15) is 44.6 Å². The summed E-state index contributed by atoms with van der Waals surface area (Å²) in [6, 6.07) is 16.7. The van der Waals surface area contributed by atoms with E-state index in [1.807, 2.05) is 55.5 Å². The Bertz CT molecular complexity index is 1270. The summed E-state index contributed by atoms with van der Waals surface area (Å²) >= 11 is 0. The number of methoxy groups -OCH3 is 1. The van der Waals surface area contributed by atoms with E-state index in [-0.39, 0.29) is 36.3 Å². The molecule has 0 bridgehead atoms. The maximum atomic E-state index is 13.1. The molecule has 0 spiro atoms. The first-order valence-corrected chi connectivity index (χ1v) is 11.3. The van der Waals surface area contributed by atoms with Crippen molar-refractivity contribution >= 4 is 17.7 Å². The number of aromatic nitrogens is 2. The molecule has 9 heteroatoms. The van der Waals surface area contributed by atoms with Gasteiger partial charge in [0.1, 0.15) is 17.0 Å². The van der Waals surface area contributed by atoms with Gasteiger partial charge in [0.15, 0.2) is 5.69 Å². The van der Waals surface area contributed by atoms with Crippen molar-refractivity contribution in [1.29, 1.82) is 0 Å². The summed E-state index contributed by atoms with van der Waals surface area (Å²) in [5.41, 5.74) is 2.20. The monoisotopic (exact) mass is 475 g/mol. The first kappa shape index (κ1) is 24.0. The summed E-state index contributed by atoms with van der Waals surface area (Å²) in [6.07, 6.45) is 0. The van der Waals surface area contributed by atoms with Crippen LogP contribution in [-0.2, 0) is 24.4 Å². The molecule has 1 atom stereocenters. The van der Waals surface area contributed by atoms with Crippen LogP contribution < -0.4 is 15.4 Å². The molecule has 2 heterocycles. The molecule has 9 nitrogen and oxygen atoms in total. The topological polar surface area (TPSA) is 106 Å². The number of likely N-dealkylation sites (N-methyl/N-ethyl adjacent to an activating group) is 1. The number of carbonyl (C=O) groups excluding carboxylic acids is 3. The van der Waals surface area contributed by atoms with Gasteiger partial charge in [0.2, 0.25) is 5.91 Å². The van der Waals surface area contributed by atoms with Gasteiger partial charge in [-0.15, -0.1) is 0 Å². The van der Waals surface area contributed by atoms with Gasteiger partial charge in [-0.05, 0) is 37.1 Å². The molecule has 1 aromatic heterocycles. The third kappa shape index (κ3) is 4.89. The van der Waals surface area contributed by atoms with E-state index < -0.39 is 11.4 Å². The van der Waals surface area contributed by atoms with Crippen LogP contribution in [-0.4, -0.2) is 52.1 Å². The molecule has 0 aliphatic carbocycles. The summed E-state index contributed by atoms with van der Waals surface area (Å²) < 4.78 is 6.64. The molecule has 2 aromatic carbocycles. The molecule has 0 fully saturated rings. The maximum absolute atomic E-state index is 13.1. The second-order valence-electron chi connectivity index (χ2n) is 8.91. The fraction of sp³-hybridized carbons (Fsp3) is 0.308. The largest absolute Gasteiger partial charge is 0.497 e. The van der Waals surface area contributed by atoms with E-state index in [1.165, 1.54) is 15.6 Å². The van der Waals surface area contributed by atoms with E-state index in [9.17, 15) is 14.4 Å². The van der Waals surface area contributed by atoms with Crippen LogP contribution in [0.15, 0.2) is 54.6 Å². The van der Waals surface area contributed by atoms with Gasteiger partial charge in [0.05, 0.1) is 13.7 Å².